The van der Waals surface area contributed by atoms with Crippen LogP contribution in [-0.2, 0) is 19.5 Å². The highest BCUT2D eigenvalue weighted by Gasteiger charge is 2.39. The highest BCUT2D eigenvalue weighted by atomic mass is 16.2. The number of nitrogens with one attached hydrogen (secondary N) is 1. The number of carbonyl (C=O) groups excluding carboxylic acids is 1. The molecule has 0 aromatic carbocycles. The van der Waals surface area contributed by atoms with Crippen molar-refractivity contribution in [2.75, 3.05) is 13.1 Å². The molecule has 2 aromatic heterocycles. The lowest BCUT2D eigenvalue weighted by Crippen LogP contribution is -2.33. The number of carbonyl (C=O) groups is 1. The molecule has 0 unspecified atom stereocenters. The van der Waals surface area contributed by atoms with Gasteiger partial charge < -0.3 is 9.88 Å². The van der Waals surface area contributed by atoms with Crippen molar-refractivity contribution in [1.82, 2.24) is 30.0 Å². The van der Waals surface area contributed by atoms with Crippen molar-refractivity contribution in [1.29, 1.82) is 0 Å². The van der Waals surface area contributed by atoms with E-state index in [0.29, 0.717) is 23.7 Å². The summed E-state index contributed by atoms with van der Waals surface area (Å²) in [4.78, 5) is 19.0. The Bertz CT molecular complexity index is 784. The van der Waals surface area contributed by atoms with Gasteiger partial charge in [0.1, 0.15) is 5.82 Å². The average molecular weight is 338 g/mol. The van der Waals surface area contributed by atoms with Gasteiger partial charge in [-0.1, -0.05) is 0 Å². The lowest BCUT2D eigenvalue weighted by molar-refractivity contribution is 0.0932. The molecule has 2 atom stereocenters. The lowest BCUT2D eigenvalue weighted by Gasteiger charge is -2.25. The predicted octanol–water partition coefficient (Wildman–Crippen LogP) is 0.870. The van der Waals surface area contributed by atoms with Crippen LogP contribution in [0.15, 0.2) is 24.5 Å². The third-order valence-electron chi connectivity index (χ3n) is 5.61. The maximum Gasteiger partial charge on any atom is 0.289 e. The van der Waals surface area contributed by atoms with E-state index in [1.54, 1.807) is 0 Å². The third-order valence-corrected chi connectivity index (χ3v) is 5.61. The van der Waals surface area contributed by atoms with Crippen LogP contribution in [0.2, 0.25) is 0 Å². The number of nitrogens with zero attached hydrogens (tertiary/aromatic N) is 5. The Morgan fingerprint density at radius 1 is 1.12 bits per heavy atom. The second-order valence-corrected chi connectivity index (χ2v) is 7.57. The van der Waals surface area contributed by atoms with Crippen molar-refractivity contribution in [2.24, 2.45) is 11.8 Å². The summed E-state index contributed by atoms with van der Waals surface area (Å²) in [5.41, 5.74) is 1.30. The Labute approximate surface area is 146 Å². The fourth-order valence-electron chi connectivity index (χ4n) is 4.14. The smallest absolute Gasteiger partial charge is 0.289 e. The molecule has 2 aromatic rings. The molecule has 0 bridgehead atoms. The molecule has 4 heterocycles. The maximum atomic E-state index is 12.4. The van der Waals surface area contributed by atoms with Gasteiger partial charge in [0.2, 0.25) is 5.82 Å². The average Bonchev–Trinajstić information content (AvgIpc) is 3.19. The minimum Gasteiger partial charge on any atom is -0.347 e. The van der Waals surface area contributed by atoms with Crippen LogP contribution < -0.4 is 5.32 Å². The summed E-state index contributed by atoms with van der Waals surface area (Å²) in [7, 11) is 0. The number of fused-ring (bicyclic) bond motifs is 2. The van der Waals surface area contributed by atoms with Gasteiger partial charge >= 0.3 is 0 Å². The van der Waals surface area contributed by atoms with Crippen molar-refractivity contribution >= 4 is 5.91 Å². The molecule has 25 heavy (non-hydrogen) atoms. The van der Waals surface area contributed by atoms with Crippen LogP contribution in [0.25, 0.3) is 0 Å². The SMILES string of the molecule is O=C(NC1CC1)c1nnc2n1C[C@H]1CN(Cc3ccncc3)C[C@@H]1C2. The van der Waals surface area contributed by atoms with Gasteiger partial charge in [0.25, 0.3) is 5.91 Å². The summed E-state index contributed by atoms with van der Waals surface area (Å²) in [5, 5.41) is 11.5. The van der Waals surface area contributed by atoms with E-state index >= 15 is 0 Å². The predicted molar refractivity (Wildman–Crippen MR) is 90.7 cm³/mol. The van der Waals surface area contributed by atoms with Gasteiger partial charge in [-0.2, -0.15) is 0 Å². The molecule has 1 saturated carbocycles. The zero-order valence-electron chi connectivity index (χ0n) is 14.1. The lowest BCUT2D eigenvalue weighted by atomic mass is 9.89. The fraction of sp³-hybridized carbons (Fsp3) is 0.556. The van der Waals surface area contributed by atoms with Crippen molar-refractivity contribution in [3.05, 3.63) is 41.7 Å². The van der Waals surface area contributed by atoms with E-state index in [1.807, 2.05) is 12.4 Å². The molecule has 0 spiro atoms. The Kier molecular flexibility index (Phi) is 3.55. The summed E-state index contributed by atoms with van der Waals surface area (Å²) in [6, 6.07) is 4.51. The molecule has 1 amide bonds. The number of amides is 1. The quantitative estimate of drug-likeness (QED) is 0.895. The van der Waals surface area contributed by atoms with E-state index in [2.05, 4.69) is 42.1 Å². The highest BCUT2D eigenvalue weighted by Crippen LogP contribution is 2.33. The maximum absolute atomic E-state index is 12.4. The Morgan fingerprint density at radius 3 is 2.72 bits per heavy atom. The third kappa shape index (κ3) is 2.93. The van der Waals surface area contributed by atoms with Gasteiger partial charge in [-0.25, -0.2) is 0 Å². The summed E-state index contributed by atoms with van der Waals surface area (Å²) in [5.74, 6) is 2.57. The van der Waals surface area contributed by atoms with Gasteiger partial charge in [-0.15, -0.1) is 10.2 Å². The first kappa shape index (κ1) is 15.0. The van der Waals surface area contributed by atoms with Crippen molar-refractivity contribution in [3.63, 3.8) is 0 Å². The van der Waals surface area contributed by atoms with Crippen LogP contribution in [0.4, 0.5) is 0 Å². The monoisotopic (exact) mass is 338 g/mol. The molecule has 130 valence electrons. The first-order valence-electron chi connectivity index (χ1n) is 9.10. The van der Waals surface area contributed by atoms with Crippen LogP contribution >= 0.6 is 0 Å². The highest BCUT2D eigenvalue weighted by molar-refractivity contribution is 5.91. The van der Waals surface area contributed by atoms with E-state index in [1.165, 1.54) is 5.56 Å². The number of hydrogen-bond donors (Lipinski definition) is 1. The first-order chi connectivity index (χ1) is 12.3. The second-order valence-electron chi connectivity index (χ2n) is 7.57. The Morgan fingerprint density at radius 2 is 1.92 bits per heavy atom. The zero-order chi connectivity index (χ0) is 16.8. The molecular formula is C18H22N6O. The number of likely N-dealkylation sites (tertiary alicyclic amines) is 1. The summed E-state index contributed by atoms with van der Waals surface area (Å²) < 4.78 is 2.05. The molecule has 2 fully saturated rings. The Hall–Kier alpha value is -2.28. The van der Waals surface area contributed by atoms with Gasteiger partial charge in [-0.3, -0.25) is 14.7 Å². The number of hydrogen-bond acceptors (Lipinski definition) is 5. The van der Waals surface area contributed by atoms with E-state index in [-0.39, 0.29) is 5.91 Å². The number of pyridine rings is 1. The van der Waals surface area contributed by atoms with Crippen LogP contribution in [0.3, 0.4) is 0 Å². The van der Waals surface area contributed by atoms with E-state index in [0.717, 1.165) is 51.3 Å². The molecule has 5 rings (SSSR count). The topological polar surface area (TPSA) is 75.9 Å². The van der Waals surface area contributed by atoms with Crippen LogP contribution in [0.1, 0.15) is 34.8 Å². The van der Waals surface area contributed by atoms with Crippen LogP contribution in [-0.4, -0.2) is 49.7 Å². The van der Waals surface area contributed by atoms with E-state index < -0.39 is 0 Å². The van der Waals surface area contributed by atoms with Crippen LogP contribution in [0, 0.1) is 11.8 Å². The number of aromatic nitrogens is 4. The van der Waals surface area contributed by atoms with Crippen molar-refractivity contribution < 1.29 is 4.79 Å². The van der Waals surface area contributed by atoms with Crippen LogP contribution in [0.5, 0.6) is 0 Å². The molecular weight excluding hydrogens is 316 g/mol. The molecule has 1 saturated heterocycles. The minimum absolute atomic E-state index is 0.0636. The second kappa shape index (κ2) is 5.91. The molecule has 1 N–H and O–H groups in total. The minimum atomic E-state index is -0.0636. The normalized spacial score (nSPS) is 25.4. The van der Waals surface area contributed by atoms with Crippen molar-refractivity contribution in [3.8, 4) is 0 Å². The largest absolute Gasteiger partial charge is 0.347 e. The molecule has 7 heteroatoms. The molecule has 2 aliphatic heterocycles. The van der Waals surface area contributed by atoms with Gasteiger partial charge in [0.15, 0.2) is 0 Å². The molecule has 7 nitrogen and oxygen atoms in total. The summed E-state index contributed by atoms with van der Waals surface area (Å²) in [6.45, 7) is 3.97. The number of rotatable bonds is 4. The van der Waals surface area contributed by atoms with E-state index in [9.17, 15) is 4.79 Å². The first-order valence-corrected chi connectivity index (χ1v) is 9.10. The Balaban J connectivity index is 1.28. The fourth-order valence-corrected chi connectivity index (χ4v) is 4.14. The summed E-state index contributed by atoms with van der Waals surface area (Å²) >= 11 is 0. The molecule has 3 aliphatic rings. The zero-order valence-corrected chi connectivity index (χ0v) is 14.1. The van der Waals surface area contributed by atoms with Crippen molar-refractivity contribution in [2.45, 2.75) is 38.4 Å². The molecule has 0 radical (unpaired) electrons. The summed E-state index contributed by atoms with van der Waals surface area (Å²) in [6.07, 6.45) is 6.79. The van der Waals surface area contributed by atoms with Gasteiger partial charge in [0, 0.05) is 51.0 Å². The van der Waals surface area contributed by atoms with Gasteiger partial charge in [-0.05, 0) is 42.4 Å². The molecule has 1 aliphatic carbocycles. The standard InChI is InChI=1S/C18H22N6O/c25-18(20-15-1-2-15)17-22-21-16-7-13-9-23(10-14(13)11-24(16)17)8-12-3-5-19-6-4-12/h3-6,13-15H,1-2,7-11H2,(H,20,25)/t13-,14+/m0/s1. The van der Waals surface area contributed by atoms with Gasteiger partial charge in [0.05, 0.1) is 0 Å². The van der Waals surface area contributed by atoms with E-state index in [4.69, 9.17) is 0 Å².